The monoisotopic (exact) mass is 222 g/mol. The Labute approximate surface area is 94.1 Å². The predicted molar refractivity (Wildman–Crippen MR) is 59.4 cm³/mol. The van der Waals surface area contributed by atoms with E-state index in [9.17, 15) is 9.18 Å². The van der Waals surface area contributed by atoms with Crippen molar-refractivity contribution in [2.24, 2.45) is 5.92 Å². The Morgan fingerprint density at radius 3 is 2.75 bits per heavy atom. The van der Waals surface area contributed by atoms with E-state index in [1.54, 1.807) is 12.1 Å². The fraction of sp³-hybridized carbons (Fsp3) is 0.500. The first kappa shape index (κ1) is 11.0. The molecule has 3 nitrogen and oxygen atoms in total. The van der Waals surface area contributed by atoms with Crippen molar-refractivity contribution in [1.82, 2.24) is 4.98 Å². The summed E-state index contributed by atoms with van der Waals surface area (Å²) >= 11 is 0. The molecule has 16 heavy (non-hydrogen) atoms. The molecule has 0 spiro atoms. The molecule has 1 aliphatic rings. The summed E-state index contributed by atoms with van der Waals surface area (Å²) in [7, 11) is 0. The van der Waals surface area contributed by atoms with Crippen LogP contribution in [0.2, 0.25) is 0 Å². The molecule has 1 heterocycles. The lowest BCUT2D eigenvalue weighted by atomic mass is 9.89. The number of rotatable bonds is 2. The number of amides is 1. The van der Waals surface area contributed by atoms with Crippen LogP contribution in [0.1, 0.15) is 32.1 Å². The summed E-state index contributed by atoms with van der Waals surface area (Å²) in [6.45, 7) is 0. The molecule has 1 N–H and O–H groups in total. The van der Waals surface area contributed by atoms with Crippen molar-refractivity contribution in [2.45, 2.75) is 32.1 Å². The van der Waals surface area contributed by atoms with E-state index in [0.717, 1.165) is 25.7 Å². The molecular weight excluding hydrogens is 207 g/mol. The summed E-state index contributed by atoms with van der Waals surface area (Å²) in [5.41, 5.74) is 0. The summed E-state index contributed by atoms with van der Waals surface area (Å²) in [5, 5.41) is 2.66. The molecule has 0 saturated heterocycles. The van der Waals surface area contributed by atoms with Crippen molar-refractivity contribution < 1.29 is 9.18 Å². The third-order valence-electron chi connectivity index (χ3n) is 2.94. The maximum atomic E-state index is 12.8. The Balaban J connectivity index is 1.96. The number of aromatic nitrogens is 1. The average molecular weight is 222 g/mol. The van der Waals surface area contributed by atoms with E-state index in [1.807, 2.05) is 0 Å². The van der Waals surface area contributed by atoms with Crippen LogP contribution in [0.25, 0.3) is 0 Å². The first-order chi connectivity index (χ1) is 7.75. The molecule has 0 unspecified atom stereocenters. The Morgan fingerprint density at radius 2 is 2.06 bits per heavy atom. The van der Waals surface area contributed by atoms with Crippen molar-refractivity contribution >= 4 is 11.7 Å². The number of hydrogen-bond acceptors (Lipinski definition) is 2. The van der Waals surface area contributed by atoms with Crippen molar-refractivity contribution in [2.75, 3.05) is 5.32 Å². The number of hydrogen-bond donors (Lipinski definition) is 1. The molecule has 0 aromatic carbocycles. The van der Waals surface area contributed by atoms with Crippen LogP contribution in [0.4, 0.5) is 10.2 Å². The van der Waals surface area contributed by atoms with Gasteiger partial charge in [-0.3, -0.25) is 4.79 Å². The molecule has 1 amide bonds. The fourth-order valence-electron chi connectivity index (χ4n) is 2.07. The third kappa shape index (κ3) is 2.78. The molecule has 86 valence electrons. The van der Waals surface area contributed by atoms with Gasteiger partial charge in [-0.2, -0.15) is 4.39 Å². The predicted octanol–water partition coefficient (Wildman–Crippen LogP) is 2.74. The van der Waals surface area contributed by atoms with Crippen molar-refractivity contribution in [3.05, 3.63) is 24.1 Å². The van der Waals surface area contributed by atoms with Gasteiger partial charge in [-0.05, 0) is 25.0 Å². The van der Waals surface area contributed by atoms with E-state index in [1.165, 1.54) is 12.5 Å². The lowest BCUT2D eigenvalue weighted by molar-refractivity contribution is -0.120. The lowest BCUT2D eigenvalue weighted by Crippen LogP contribution is -2.25. The van der Waals surface area contributed by atoms with Crippen molar-refractivity contribution in [1.29, 1.82) is 0 Å². The fourth-order valence-corrected chi connectivity index (χ4v) is 2.07. The minimum Gasteiger partial charge on any atom is -0.310 e. The van der Waals surface area contributed by atoms with Gasteiger partial charge in [-0.1, -0.05) is 25.3 Å². The number of nitrogens with one attached hydrogen (secondary N) is 1. The Bertz CT molecular complexity index is 375. The smallest absolute Gasteiger partial charge is 0.228 e. The van der Waals surface area contributed by atoms with E-state index in [4.69, 9.17) is 0 Å². The van der Waals surface area contributed by atoms with Crippen LogP contribution in [-0.2, 0) is 4.79 Å². The van der Waals surface area contributed by atoms with Crippen LogP contribution in [0, 0.1) is 11.9 Å². The first-order valence-corrected chi connectivity index (χ1v) is 5.69. The molecule has 0 radical (unpaired) electrons. The van der Waals surface area contributed by atoms with Gasteiger partial charge in [-0.15, -0.1) is 0 Å². The molecule has 2 rings (SSSR count). The third-order valence-corrected chi connectivity index (χ3v) is 2.94. The van der Waals surface area contributed by atoms with Crippen LogP contribution in [0.5, 0.6) is 0 Å². The highest BCUT2D eigenvalue weighted by Gasteiger charge is 2.21. The van der Waals surface area contributed by atoms with Crippen molar-refractivity contribution in [3.8, 4) is 0 Å². The van der Waals surface area contributed by atoms with Crippen LogP contribution in [0.15, 0.2) is 18.2 Å². The number of carbonyl (C=O) groups excluding carboxylic acids is 1. The van der Waals surface area contributed by atoms with E-state index < -0.39 is 5.95 Å². The molecule has 4 heteroatoms. The molecule has 1 aromatic heterocycles. The summed E-state index contributed by atoms with van der Waals surface area (Å²) in [6, 6.07) is 4.40. The summed E-state index contributed by atoms with van der Waals surface area (Å²) < 4.78 is 12.8. The minimum absolute atomic E-state index is 0.0298. The zero-order valence-electron chi connectivity index (χ0n) is 9.08. The lowest BCUT2D eigenvalue weighted by Gasteiger charge is -2.20. The van der Waals surface area contributed by atoms with Gasteiger partial charge in [0, 0.05) is 5.92 Å². The van der Waals surface area contributed by atoms with Gasteiger partial charge in [0.1, 0.15) is 5.82 Å². The van der Waals surface area contributed by atoms with Gasteiger partial charge in [0.25, 0.3) is 0 Å². The summed E-state index contributed by atoms with van der Waals surface area (Å²) in [4.78, 5) is 15.4. The largest absolute Gasteiger partial charge is 0.310 e. The number of nitrogens with zero attached hydrogens (tertiary/aromatic N) is 1. The number of halogens is 1. The molecule has 0 aliphatic heterocycles. The van der Waals surface area contributed by atoms with Crippen LogP contribution < -0.4 is 5.32 Å². The van der Waals surface area contributed by atoms with E-state index in [2.05, 4.69) is 10.3 Å². The summed E-state index contributed by atoms with van der Waals surface area (Å²) in [5.74, 6) is -0.228. The highest BCUT2D eigenvalue weighted by atomic mass is 19.1. The molecule has 1 aromatic rings. The van der Waals surface area contributed by atoms with Gasteiger partial charge in [0.2, 0.25) is 11.9 Å². The molecule has 0 bridgehead atoms. The molecule has 1 saturated carbocycles. The first-order valence-electron chi connectivity index (χ1n) is 5.69. The maximum absolute atomic E-state index is 12.8. The van der Waals surface area contributed by atoms with E-state index in [0.29, 0.717) is 5.82 Å². The molecule has 0 atom stereocenters. The second kappa shape index (κ2) is 5.05. The average Bonchev–Trinajstić information content (AvgIpc) is 2.30. The normalized spacial score (nSPS) is 17.1. The zero-order chi connectivity index (χ0) is 11.4. The second-order valence-electron chi connectivity index (χ2n) is 4.17. The number of anilines is 1. The standard InChI is InChI=1S/C12H15FN2O/c13-10-7-4-8-11(14-10)15-12(16)9-5-2-1-3-6-9/h4,7-9H,1-3,5-6H2,(H,14,15,16). The van der Waals surface area contributed by atoms with Gasteiger partial charge >= 0.3 is 0 Å². The Hall–Kier alpha value is -1.45. The Morgan fingerprint density at radius 1 is 1.31 bits per heavy atom. The molecular formula is C12H15FN2O. The van der Waals surface area contributed by atoms with Crippen molar-refractivity contribution in [3.63, 3.8) is 0 Å². The molecule has 1 fully saturated rings. The minimum atomic E-state index is -0.568. The van der Waals surface area contributed by atoms with E-state index in [-0.39, 0.29) is 11.8 Å². The highest BCUT2D eigenvalue weighted by molar-refractivity contribution is 5.91. The van der Waals surface area contributed by atoms with Gasteiger partial charge in [0.05, 0.1) is 0 Å². The summed E-state index contributed by atoms with van der Waals surface area (Å²) in [6.07, 6.45) is 5.29. The zero-order valence-corrected chi connectivity index (χ0v) is 9.08. The van der Waals surface area contributed by atoms with Crippen LogP contribution >= 0.6 is 0 Å². The van der Waals surface area contributed by atoms with Gasteiger partial charge in [0.15, 0.2) is 0 Å². The highest BCUT2D eigenvalue weighted by Crippen LogP contribution is 2.24. The van der Waals surface area contributed by atoms with Crippen LogP contribution in [-0.4, -0.2) is 10.9 Å². The maximum Gasteiger partial charge on any atom is 0.228 e. The van der Waals surface area contributed by atoms with Gasteiger partial charge < -0.3 is 5.32 Å². The topological polar surface area (TPSA) is 42.0 Å². The van der Waals surface area contributed by atoms with Gasteiger partial charge in [-0.25, -0.2) is 4.98 Å². The SMILES string of the molecule is O=C(Nc1cccc(F)n1)C1CCCCC1. The Kier molecular flexibility index (Phi) is 3.49. The second-order valence-corrected chi connectivity index (χ2v) is 4.17. The number of pyridine rings is 1. The van der Waals surface area contributed by atoms with Crippen LogP contribution in [0.3, 0.4) is 0 Å². The number of carbonyl (C=O) groups is 1. The molecule has 1 aliphatic carbocycles. The quantitative estimate of drug-likeness (QED) is 0.782. The van der Waals surface area contributed by atoms with E-state index >= 15 is 0 Å².